The van der Waals surface area contributed by atoms with Gasteiger partial charge in [0, 0.05) is 13.1 Å². The van der Waals surface area contributed by atoms with Crippen LogP contribution < -0.4 is 4.74 Å². The van der Waals surface area contributed by atoms with E-state index in [1.165, 1.54) is 4.31 Å². The Morgan fingerprint density at radius 2 is 2.11 bits per heavy atom. The van der Waals surface area contributed by atoms with E-state index in [9.17, 15) is 8.42 Å². The molecule has 98 valence electrons. The predicted molar refractivity (Wildman–Crippen MR) is 73.2 cm³/mol. The third kappa shape index (κ3) is 2.60. The van der Waals surface area contributed by atoms with Crippen LogP contribution in [-0.4, -0.2) is 32.9 Å². The SMILES string of the molecule is COc1ccc(S(=O)(=O)N2CC=CCC2)cc1Br. The molecule has 1 aliphatic rings. The predicted octanol–water partition coefficient (Wildman–Crippen LogP) is 2.41. The van der Waals surface area contributed by atoms with E-state index in [1.807, 2.05) is 12.2 Å². The summed E-state index contributed by atoms with van der Waals surface area (Å²) in [5, 5.41) is 0. The fourth-order valence-electron chi connectivity index (χ4n) is 1.79. The molecule has 1 heterocycles. The van der Waals surface area contributed by atoms with Gasteiger partial charge < -0.3 is 4.74 Å². The van der Waals surface area contributed by atoms with Gasteiger partial charge in [-0.3, -0.25) is 0 Å². The smallest absolute Gasteiger partial charge is 0.243 e. The summed E-state index contributed by atoms with van der Waals surface area (Å²) in [6.07, 6.45) is 4.63. The zero-order valence-electron chi connectivity index (χ0n) is 9.97. The van der Waals surface area contributed by atoms with Crippen LogP contribution in [0.1, 0.15) is 6.42 Å². The molecule has 0 unspecified atom stereocenters. The van der Waals surface area contributed by atoms with Crippen molar-refractivity contribution in [2.24, 2.45) is 0 Å². The minimum Gasteiger partial charge on any atom is -0.496 e. The number of halogens is 1. The van der Waals surface area contributed by atoms with Crippen molar-refractivity contribution < 1.29 is 13.2 Å². The molecule has 1 aromatic carbocycles. The molecule has 1 aromatic rings. The van der Waals surface area contributed by atoms with Gasteiger partial charge in [0.1, 0.15) is 5.75 Å². The molecule has 6 heteroatoms. The van der Waals surface area contributed by atoms with E-state index in [4.69, 9.17) is 4.74 Å². The quantitative estimate of drug-likeness (QED) is 0.799. The van der Waals surface area contributed by atoms with Gasteiger partial charge in [-0.1, -0.05) is 12.2 Å². The van der Waals surface area contributed by atoms with E-state index in [0.29, 0.717) is 23.3 Å². The Kier molecular flexibility index (Phi) is 4.09. The summed E-state index contributed by atoms with van der Waals surface area (Å²) in [4.78, 5) is 0.283. The van der Waals surface area contributed by atoms with Gasteiger partial charge in [-0.25, -0.2) is 8.42 Å². The van der Waals surface area contributed by atoms with Crippen LogP contribution in [0.5, 0.6) is 5.75 Å². The normalized spacial score (nSPS) is 16.8. The number of sulfonamides is 1. The number of rotatable bonds is 3. The molecule has 2 rings (SSSR count). The Morgan fingerprint density at radius 3 is 2.67 bits per heavy atom. The summed E-state index contributed by atoms with van der Waals surface area (Å²) < 4.78 is 31.9. The highest BCUT2D eigenvalue weighted by Gasteiger charge is 2.24. The molecule has 0 bridgehead atoms. The maximum Gasteiger partial charge on any atom is 0.243 e. The number of hydrogen-bond acceptors (Lipinski definition) is 3. The van der Waals surface area contributed by atoms with Crippen LogP contribution >= 0.6 is 15.9 Å². The van der Waals surface area contributed by atoms with E-state index in [0.717, 1.165) is 6.42 Å². The number of benzene rings is 1. The number of hydrogen-bond donors (Lipinski definition) is 0. The molecule has 0 saturated carbocycles. The van der Waals surface area contributed by atoms with Crippen LogP contribution in [0.3, 0.4) is 0 Å². The zero-order chi connectivity index (χ0) is 13.2. The highest BCUT2D eigenvalue weighted by atomic mass is 79.9. The number of ether oxygens (including phenoxy) is 1. The fraction of sp³-hybridized carbons (Fsp3) is 0.333. The molecule has 0 aliphatic carbocycles. The van der Waals surface area contributed by atoms with E-state index in [2.05, 4.69) is 15.9 Å². The third-order valence-electron chi connectivity index (χ3n) is 2.78. The largest absolute Gasteiger partial charge is 0.496 e. The van der Waals surface area contributed by atoms with Crippen molar-refractivity contribution in [1.29, 1.82) is 0 Å². The van der Waals surface area contributed by atoms with Gasteiger partial charge in [0.05, 0.1) is 16.5 Å². The van der Waals surface area contributed by atoms with Gasteiger partial charge in [-0.2, -0.15) is 4.31 Å². The van der Waals surface area contributed by atoms with Crippen LogP contribution in [0, 0.1) is 0 Å². The minimum absolute atomic E-state index is 0.283. The van der Waals surface area contributed by atoms with Crippen LogP contribution in [-0.2, 0) is 10.0 Å². The van der Waals surface area contributed by atoms with E-state index in [1.54, 1.807) is 25.3 Å². The van der Waals surface area contributed by atoms with Gasteiger partial charge in [-0.05, 0) is 40.5 Å². The molecular formula is C12H14BrNO3S. The maximum atomic E-state index is 12.4. The molecule has 0 radical (unpaired) electrons. The first-order valence-electron chi connectivity index (χ1n) is 5.54. The van der Waals surface area contributed by atoms with Crippen molar-refractivity contribution in [3.05, 3.63) is 34.8 Å². The molecule has 0 amide bonds. The summed E-state index contributed by atoms with van der Waals surface area (Å²) in [7, 11) is -1.87. The molecule has 0 atom stereocenters. The lowest BCUT2D eigenvalue weighted by molar-refractivity contribution is 0.411. The van der Waals surface area contributed by atoms with Crippen LogP contribution in [0.4, 0.5) is 0 Å². The lowest BCUT2D eigenvalue weighted by Gasteiger charge is -2.23. The minimum atomic E-state index is -3.41. The Bertz CT molecular complexity index is 569. The fourth-order valence-corrected chi connectivity index (χ4v) is 3.92. The van der Waals surface area contributed by atoms with E-state index in [-0.39, 0.29) is 4.90 Å². The Labute approximate surface area is 115 Å². The number of methoxy groups -OCH3 is 1. The summed E-state index contributed by atoms with van der Waals surface area (Å²) in [5.74, 6) is 0.618. The van der Waals surface area contributed by atoms with Gasteiger partial charge in [-0.15, -0.1) is 0 Å². The Balaban J connectivity index is 2.35. The Hall–Kier alpha value is -0.850. The second-order valence-corrected chi connectivity index (χ2v) is 6.71. The third-order valence-corrected chi connectivity index (χ3v) is 5.26. The molecule has 0 fully saturated rings. The average molecular weight is 332 g/mol. The summed E-state index contributed by atoms with van der Waals surface area (Å²) in [6.45, 7) is 0.967. The van der Waals surface area contributed by atoms with Crippen molar-refractivity contribution in [1.82, 2.24) is 4.31 Å². The summed E-state index contributed by atoms with van der Waals surface area (Å²) in [5.41, 5.74) is 0. The van der Waals surface area contributed by atoms with Crippen LogP contribution in [0.15, 0.2) is 39.7 Å². The summed E-state index contributed by atoms with van der Waals surface area (Å²) >= 11 is 3.30. The average Bonchev–Trinajstić information content (AvgIpc) is 2.39. The topological polar surface area (TPSA) is 46.6 Å². The first kappa shape index (κ1) is 13.6. The van der Waals surface area contributed by atoms with E-state index >= 15 is 0 Å². The van der Waals surface area contributed by atoms with Crippen LogP contribution in [0.25, 0.3) is 0 Å². The maximum absolute atomic E-state index is 12.4. The monoisotopic (exact) mass is 331 g/mol. The molecule has 0 spiro atoms. The molecule has 0 N–H and O–H groups in total. The highest BCUT2D eigenvalue weighted by Crippen LogP contribution is 2.29. The van der Waals surface area contributed by atoms with Crippen molar-refractivity contribution in [2.75, 3.05) is 20.2 Å². The molecular weight excluding hydrogens is 318 g/mol. The molecule has 0 saturated heterocycles. The van der Waals surface area contributed by atoms with Crippen molar-refractivity contribution in [3.63, 3.8) is 0 Å². The lowest BCUT2D eigenvalue weighted by atomic mass is 10.3. The van der Waals surface area contributed by atoms with Crippen molar-refractivity contribution in [2.45, 2.75) is 11.3 Å². The van der Waals surface area contributed by atoms with E-state index < -0.39 is 10.0 Å². The van der Waals surface area contributed by atoms with Gasteiger partial charge in [0.2, 0.25) is 10.0 Å². The first-order valence-corrected chi connectivity index (χ1v) is 7.77. The van der Waals surface area contributed by atoms with Gasteiger partial charge in [0.15, 0.2) is 0 Å². The van der Waals surface area contributed by atoms with Crippen LogP contribution in [0.2, 0.25) is 0 Å². The lowest BCUT2D eigenvalue weighted by Crippen LogP contribution is -2.33. The second kappa shape index (κ2) is 5.42. The molecule has 1 aliphatic heterocycles. The van der Waals surface area contributed by atoms with Crippen molar-refractivity contribution >= 4 is 26.0 Å². The van der Waals surface area contributed by atoms with Gasteiger partial charge in [0.25, 0.3) is 0 Å². The second-order valence-electron chi connectivity index (χ2n) is 3.92. The van der Waals surface area contributed by atoms with Crippen molar-refractivity contribution in [3.8, 4) is 5.75 Å². The zero-order valence-corrected chi connectivity index (χ0v) is 12.4. The molecule has 4 nitrogen and oxygen atoms in total. The standard InChI is InChI=1S/C12H14BrNO3S/c1-17-12-6-5-10(9-11(12)13)18(15,16)14-7-3-2-4-8-14/h2-3,5-6,9H,4,7-8H2,1H3. The highest BCUT2D eigenvalue weighted by molar-refractivity contribution is 9.10. The van der Waals surface area contributed by atoms with Gasteiger partial charge >= 0.3 is 0 Å². The summed E-state index contributed by atoms with van der Waals surface area (Å²) in [6, 6.07) is 4.79. The molecule has 18 heavy (non-hydrogen) atoms. The first-order chi connectivity index (χ1) is 8.55. The molecule has 0 aromatic heterocycles. The number of nitrogens with zero attached hydrogens (tertiary/aromatic N) is 1. The Morgan fingerprint density at radius 1 is 1.33 bits per heavy atom.